The lowest BCUT2D eigenvalue weighted by Crippen LogP contribution is -2.37. The minimum absolute atomic E-state index is 0.196. The second kappa shape index (κ2) is 8.62. The van der Waals surface area contributed by atoms with Gasteiger partial charge < -0.3 is 10.6 Å². The van der Waals surface area contributed by atoms with Crippen molar-refractivity contribution in [2.24, 2.45) is 0 Å². The van der Waals surface area contributed by atoms with E-state index in [1.165, 1.54) is 22.0 Å². The van der Waals surface area contributed by atoms with Gasteiger partial charge in [-0.15, -0.1) is 0 Å². The molecule has 3 nitrogen and oxygen atoms in total. The summed E-state index contributed by atoms with van der Waals surface area (Å²) in [6.07, 6.45) is 6.18. The van der Waals surface area contributed by atoms with Crippen LogP contribution >= 0.6 is 22.6 Å². The Balaban J connectivity index is 1.53. The molecule has 2 N–H and O–H groups in total. The number of halogens is 1. The fourth-order valence-corrected chi connectivity index (χ4v) is 2.88. The zero-order chi connectivity index (χ0) is 14.2. The summed E-state index contributed by atoms with van der Waals surface area (Å²) in [7, 11) is 0. The van der Waals surface area contributed by atoms with Crippen molar-refractivity contribution in [2.45, 2.75) is 44.6 Å². The molecule has 1 aliphatic rings. The van der Waals surface area contributed by atoms with Gasteiger partial charge in [0, 0.05) is 22.6 Å². The molecule has 0 bridgehead atoms. The largest absolute Gasteiger partial charge is 0.355 e. The summed E-state index contributed by atoms with van der Waals surface area (Å²) < 4.78 is 1.27. The number of hydrogen-bond donors (Lipinski definition) is 2. The van der Waals surface area contributed by atoms with Crippen LogP contribution in [0.1, 0.15) is 37.7 Å². The van der Waals surface area contributed by atoms with Crippen LogP contribution in [0.4, 0.5) is 0 Å². The first kappa shape index (κ1) is 15.8. The van der Waals surface area contributed by atoms with Crippen molar-refractivity contribution in [3.05, 3.63) is 33.4 Å². The predicted octanol–water partition coefficient (Wildman–Crippen LogP) is 2.87. The molecule has 1 amide bonds. The summed E-state index contributed by atoms with van der Waals surface area (Å²) >= 11 is 2.32. The summed E-state index contributed by atoms with van der Waals surface area (Å²) in [4.78, 5) is 11.7. The van der Waals surface area contributed by atoms with E-state index < -0.39 is 0 Å². The van der Waals surface area contributed by atoms with Crippen LogP contribution in [0.3, 0.4) is 0 Å². The van der Waals surface area contributed by atoms with E-state index in [1.807, 2.05) is 0 Å². The standard InChI is InChI=1S/C16H23IN2O/c17-14-9-7-13(8-10-14)4-1-2-6-16(20)19-12-15-5-3-11-18-15/h7-10,15,18H,1-6,11-12H2,(H,19,20). The first-order valence-electron chi connectivity index (χ1n) is 7.48. The number of hydrogen-bond acceptors (Lipinski definition) is 2. The lowest BCUT2D eigenvalue weighted by atomic mass is 10.1. The highest BCUT2D eigenvalue weighted by Crippen LogP contribution is 2.10. The third kappa shape index (κ3) is 5.79. The van der Waals surface area contributed by atoms with E-state index in [-0.39, 0.29) is 5.91 Å². The first-order chi connectivity index (χ1) is 9.74. The molecule has 1 aromatic rings. The van der Waals surface area contributed by atoms with Crippen LogP contribution in [-0.4, -0.2) is 25.0 Å². The number of rotatable bonds is 7. The Morgan fingerprint density at radius 2 is 2.10 bits per heavy atom. The van der Waals surface area contributed by atoms with Crippen LogP contribution in [0, 0.1) is 3.57 Å². The zero-order valence-electron chi connectivity index (χ0n) is 11.8. The van der Waals surface area contributed by atoms with Gasteiger partial charge in [0.2, 0.25) is 5.91 Å². The number of unbranched alkanes of at least 4 members (excludes halogenated alkanes) is 1. The van der Waals surface area contributed by atoms with E-state index in [9.17, 15) is 4.79 Å². The van der Waals surface area contributed by atoms with Crippen LogP contribution in [-0.2, 0) is 11.2 Å². The summed E-state index contributed by atoms with van der Waals surface area (Å²) in [5.41, 5.74) is 1.36. The van der Waals surface area contributed by atoms with Crippen LogP contribution in [0.2, 0.25) is 0 Å². The lowest BCUT2D eigenvalue weighted by Gasteiger charge is -2.11. The van der Waals surface area contributed by atoms with Gasteiger partial charge in [-0.3, -0.25) is 4.79 Å². The normalized spacial score (nSPS) is 18.1. The third-order valence-electron chi connectivity index (χ3n) is 3.74. The van der Waals surface area contributed by atoms with Crippen molar-refractivity contribution >= 4 is 28.5 Å². The second-order valence-corrected chi connectivity index (χ2v) is 6.68. The van der Waals surface area contributed by atoms with Crippen molar-refractivity contribution in [1.29, 1.82) is 0 Å². The van der Waals surface area contributed by atoms with Gasteiger partial charge in [0.25, 0.3) is 0 Å². The van der Waals surface area contributed by atoms with E-state index in [0.29, 0.717) is 12.5 Å². The Morgan fingerprint density at radius 1 is 1.30 bits per heavy atom. The van der Waals surface area contributed by atoms with Crippen LogP contribution in [0.15, 0.2) is 24.3 Å². The molecule has 20 heavy (non-hydrogen) atoms. The second-order valence-electron chi connectivity index (χ2n) is 5.43. The van der Waals surface area contributed by atoms with E-state index >= 15 is 0 Å². The highest BCUT2D eigenvalue weighted by molar-refractivity contribution is 14.1. The number of nitrogens with one attached hydrogen (secondary N) is 2. The molecule has 0 saturated carbocycles. The minimum atomic E-state index is 0.196. The first-order valence-corrected chi connectivity index (χ1v) is 8.56. The third-order valence-corrected chi connectivity index (χ3v) is 4.46. The van der Waals surface area contributed by atoms with Gasteiger partial charge in [-0.05, 0) is 78.9 Å². The molecular weight excluding hydrogens is 363 g/mol. The number of aryl methyl sites for hydroxylation is 1. The maximum absolute atomic E-state index is 11.7. The molecule has 1 heterocycles. The lowest BCUT2D eigenvalue weighted by molar-refractivity contribution is -0.121. The number of benzene rings is 1. The highest BCUT2D eigenvalue weighted by Gasteiger charge is 2.14. The van der Waals surface area contributed by atoms with Crippen molar-refractivity contribution in [3.63, 3.8) is 0 Å². The van der Waals surface area contributed by atoms with Gasteiger partial charge in [-0.1, -0.05) is 12.1 Å². The predicted molar refractivity (Wildman–Crippen MR) is 90.7 cm³/mol. The van der Waals surface area contributed by atoms with Gasteiger partial charge in [-0.2, -0.15) is 0 Å². The molecule has 1 saturated heterocycles. The highest BCUT2D eigenvalue weighted by atomic mass is 127. The molecule has 1 unspecified atom stereocenters. The molecule has 1 fully saturated rings. The monoisotopic (exact) mass is 386 g/mol. The average Bonchev–Trinajstić information content (AvgIpc) is 2.96. The van der Waals surface area contributed by atoms with Crippen molar-refractivity contribution < 1.29 is 4.79 Å². The Hall–Kier alpha value is -0.620. The van der Waals surface area contributed by atoms with E-state index in [2.05, 4.69) is 57.5 Å². The fourth-order valence-electron chi connectivity index (χ4n) is 2.52. The molecule has 2 rings (SSSR count). The fraction of sp³-hybridized carbons (Fsp3) is 0.562. The minimum Gasteiger partial charge on any atom is -0.355 e. The van der Waals surface area contributed by atoms with Gasteiger partial charge in [0.15, 0.2) is 0 Å². The van der Waals surface area contributed by atoms with Crippen molar-refractivity contribution in [1.82, 2.24) is 10.6 Å². The molecule has 110 valence electrons. The molecule has 1 atom stereocenters. The number of amides is 1. The average molecular weight is 386 g/mol. The maximum atomic E-state index is 11.7. The van der Waals surface area contributed by atoms with Crippen LogP contribution in [0.25, 0.3) is 0 Å². The molecule has 4 heteroatoms. The quantitative estimate of drug-likeness (QED) is 0.559. The summed E-state index contributed by atoms with van der Waals surface area (Å²) in [6, 6.07) is 9.11. The van der Waals surface area contributed by atoms with Gasteiger partial charge in [0.05, 0.1) is 0 Å². The van der Waals surface area contributed by atoms with Gasteiger partial charge >= 0.3 is 0 Å². The zero-order valence-corrected chi connectivity index (χ0v) is 14.0. The molecule has 0 aliphatic carbocycles. The molecule has 0 aromatic heterocycles. The Labute approximate surface area is 135 Å². The summed E-state index contributed by atoms with van der Waals surface area (Å²) in [5.74, 6) is 0.196. The van der Waals surface area contributed by atoms with Crippen molar-refractivity contribution in [3.8, 4) is 0 Å². The Kier molecular flexibility index (Phi) is 6.79. The molecule has 1 aliphatic heterocycles. The van der Waals surface area contributed by atoms with Crippen LogP contribution < -0.4 is 10.6 Å². The SMILES string of the molecule is O=C(CCCCc1ccc(I)cc1)NCC1CCCN1. The number of carbonyl (C=O) groups is 1. The van der Waals surface area contributed by atoms with E-state index in [1.54, 1.807) is 0 Å². The maximum Gasteiger partial charge on any atom is 0.220 e. The van der Waals surface area contributed by atoms with Gasteiger partial charge in [0.1, 0.15) is 0 Å². The number of carbonyl (C=O) groups excluding carboxylic acids is 1. The molecular formula is C16H23IN2O. The molecule has 1 aromatic carbocycles. The van der Waals surface area contributed by atoms with Crippen LogP contribution in [0.5, 0.6) is 0 Å². The smallest absolute Gasteiger partial charge is 0.220 e. The molecule has 0 radical (unpaired) electrons. The summed E-state index contributed by atoms with van der Waals surface area (Å²) in [6.45, 7) is 1.88. The topological polar surface area (TPSA) is 41.1 Å². The van der Waals surface area contributed by atoms with Gasteiger partial charge in [-0.25, -0.2) is 0 Å². The Morgan fingerprint density at radius 3 is 2.80 bits per heavy atom. The Bertz CT molecular complexity index is 413. The van der Waals surface area contributed by atoms with Crippen molar-refractivity contribution in [2.75, 3.05) is 13.1 Å². The summed E-state index contributed by atoms with van der Waals surface area (Å²) in [5, 5.41) is 6.42. The molecule has 0 spiro atoms. The van der Waals surface area contributed by atoms with E-state index in [0.717, 1.165) is 32.4 Å². The van der Waals surface area contributed by atoms with E-state index in [4.69, 9.17) is 0 Å².